The molecule has 1 aliphatic heterocycles. The number of ether oxygens (including phenoxy) is 1. The zero-order chi connectivity index (χ0) is 9.14. The largest absolute Gasteiger partial charge is 0.512 e. The monoisotopic (exact) mass is 172 g/mol. The highest BCUT2D eigenvalue weighted by atomic mass is 16.7. The number of aliphatic hydroxyl groups excluding tert-OH is 1. The third-order valence-corrected chi connectivity index (χ3v) is 1.18. The Balaban J connectivity index is 2.72. The van der Waals surface area contributed by atoms with Crippen LogP contribution in [-0.2, 0) is 4.74 Å². The van der Waals surface area contributed by atoms with E-state index in [4.69, 9.17) is 10.2 Å². The van der Waals surface area contributed by atoms with Crippen LogP contribution < -0.4 is 5.32 Å². The predicted molar refractivity (Wildman–Crippen MR) is 39.9 cm³/mol. The number of hydrogen-bond donors (Lipinski definition) is 3. The second-order valence-corrected chi connectivity index (χ2v) is 2.18. The van der Waals surface area contributed by atoms with Crippen LogP contribution in [0.5, 0.6) is 0 Å². The van der Waals surface area contributed by atoms with Gasteiger partial charge in [0.25, 0.3) is 0 Å². The normalized spacial score (nSPS) is 21.9. The molecule has 1 aliphatic rings. The first kappa shape index (κ1) is 8.38. The molecule has 6 heteroatoms. The fraction of sp³-hybridized carbons (Fsp3) is 0.333. The molecule has 0 saturated carbocycles. The zero-order valence-electron chi connectivity index (χ0n) is 6.31. The lowest BCUT2D eigenvalue weighted by molar-refractivity contribution is 0.106. The van der Waals surface area contributed by atoms with E-state index in [1.165, 1.54) is 0 Å². The first-order chi connectivity index (χ1) is 5.59. The highest BCUT2D eigenvalue weighted by Crippen LogP contribution is 2.05. The minimum atomic E-state index is -1.48. The van der Waals surface area contributed by atoms with Crippen LogP contribution in [0.4, 0.5) is 4.79 Å². The number of rotatable bonds is 1. The molecule has 0 bridgehead atoms. The predicted octanol–water partition coefficient (Wildman–Crippen LogP) is 0.428. The molecule has 0 fully saturated rings. The minimum absolute atomic E-state index is 0.190. The Bertz CT molecular complexity index is 258. The highest BCUT2D eigenvalue weighted by Gasteiger charge is 2.16. The summed E-state index contributed by atoms with van der Waals surface area (Å²) in [6, 6.07) is 0. The van der Waals surface area contributed by atoms with Gasteiger partial charge in [-0.25, -0.2) is 4.79 Å². The van der Waals surface area contributed by atoms with Crippen molar-refractivity contribution in [2.75, 3.05) is 0 Å². The molecule has 1 rings (SSSR count). The van der Waals surface area contributed by atoms with Gasteiger partial charge in [0.2, 0.25) is 5.88 Å². The number of carbonyl (C=O) groups is 1. The average Bonchev–Trinajstić information content (AvgIpc) is 1.96. The Hall–Kier alpha value is -1.72. The molecule has 0 aromatic heterocycles. The molecule has 0 spiro atoms. The summed E-state index contributed by atoms with van der Waals surface area (Å²) in [5.41, 5.74) is 0. The Morgan fingerprint density at radius 3 is 3.08 bits per heavy atom. The van der Waals surface area contributed by atoms with Crippen molar-refractivity contribution in [1.82, 2.24) is 5.32 Å². The van der Waals surface area contributed by atoms with Gasteiger partial charge in [-0.1, -0.05) is 0 Å². The Kier molecular flexibility index (Phi) is 2.18. The van der Waals surface area contributed by atoms with Gasteiger partial charge in [-0.15, -0.1) is 0 Å². The second kappa shape index (κ2) is 3.12. The maximum Gasteiger partial charge on any atom is 0.512 e. The van der Waals surface area contributed by atoms with Crippen molar-refractivity contribution in [2.24, 2.45) is 4.99 Å². The van der Waals surface area contributed by atoms with E-state index in [1.807, 2.05) is 0 Å². The van der Waals surface area contributed by atoms with Crippen molar-refractivity contribution in [3.63, 3.8) is 0 Å². The number of nitrogens with one attached hydrogen (secondary N) is 1. The summed E-state index contributed by atoms with van der Waals surface area (Å²) >= 11 is 0. The molecule has 0 amide bonds. The first-order valence-corrected chi connectivity index (χ1v) is 3.23. The molecule has 3 N–H and O–H groups in total. The van der Waals surface area contributed by atoms with Crippen LogP contribution in [-0.4, -0.2) is 28.7 Å². The lowest BCUT2D eigenvalue weighted by Gasteiger charge is -2.16. The molecular formula is C6H8N2O4. The average molecular weight is 172 g/mol. The molecule has 0 radical (unpaired) electrons. The van der Waals surface area contributed by atoms with E-state index >= 15 is 0 Å². The molecule has 6 nitrogen and oxygen atoms in total. The lowest BCUT2D eigenvalue weighted by Crippen LogP contribution is -2.31. The molecule has 0 aliphatic carbocycles. The molecule has 1 atom stereocenters. The van der Waals surface area contributed by atoms with Gasteiger partial charge in [0.1, 0.15) is 6.17 Å². The highest BCUT2D eigenvalue weighted by molar-refractivity contribution is 5.77. The van der Waals surface area contributed by atoms with Crippen LogP contribution in [0.25, 0.3) is 0 Å². The van der Waals surface area contributed by atoms with Crippen LogP contribution >= 0.6 is 0 Å². The number of allylic oxidation sites excluding steroid dienone is 1. The van der Waals surface area contributed by atoms with E-state index in [0.717, 1.165) is 6.21 Å². The van der Waals surface area contributed by atoms with E-state index < -0.39 is 6.16 Å². The number of nitrogens with zero attached hydrogens (tertiary/aromatic N) is 1. The standard InChI is InChI=1S/C6H8N2O4/c1-3-7-2-4(9)5(8-3)12-6(10)11/h2-3,8-9H,1H3,(H,10,11). The molecule has 1 unspecified atom stereocenters. The Morgan fingerprint density at radius 1 is 1.83 bits per heavy atom. The zero-order valence-corrected chi connectivity index (χ0v) is 6.31. The maximum atomic E-state index is 10.1. The van der Waals surface area contributed by atoms with Crippen LogP contribution in [0.2, 0.25) is 0 Å². The molecule has 0 aromatic carbocycles. The molecule has 66 valence electrons. The summed E-state index contributed by atoms with van der Waals surface area (Å²) in [4.78, 5) is 13.8. The molecule has 0 saturated heterocycles. The van der Waals surface area contributed by atoms with Gasteiger partial charge in [-0.2, -0.15) is 0 Å². The first-order valence-electron chi connectivity index (χ1n) is 3.23. The minimum Gasteiger partial charge on any atom is -0.502 e. The maximum absolute atomic E-state index is 10.1. The van der Waals surface area contributed by atoms with E-state index in [0.29, 0.717) is 0 Å². The molecular weight excluding hydrogens is 164 g/mol. The second-order valence-electron chi connectivity index (χ2n) is 2.18. The van der Waals surface area contributed by atoms with Gasteiger partial charge in [0.05, 0.1) is 6.21 Å². The van der Waals surface area contributed by atoms with Crippen LogP contribution in [0.15, 0.2) is 16.6 Å². The quantitative estimate of drug-likeness (QED) is 0.499. The summed E-state index contributed by atoms with van der Waals surface area (Å²) in [5, 5.41) is 19.8. The van der Waals surface area contributed by atoms with Crippen molar-refractivity contribution in [3.8, 4) is 0 Å². The van der Waals surface area contributed by atoms with E-state index in [2.05, 4.69) is 15.0 Å². The molecule has 0 aromatic rings. The van der Waals surface area contributed by atoms with Gasteiger partial charge >= 0.3 is 6.16 Å². The summed E-state index contributed by atoms with van der Waals surface area (Å²) in [5.74, 6) is -0.513. The van der Waals surface area contributed by atoms with E-state index in [9.17, 15) is 4.79 Å². The van der Waals surface area contributed by atoms with Crippen molar-refractivity contribution in [2.45, 2.75) is 13.1 Å². The van der Waals surface area contributed by atoms with E-state index in [1.54, 1.807) is 6.92 Å². The summed E-state index contributed by atoms with van der Waals surface area (Å²) < 4.78 is 4.22. The number of carboxylic acid groups (broad SMARTS) is 1. The van der Waals surface area contributed by atoms with Crippen molar-refractivity contribution >= 4 is 12.4 Å². The fourth-order valence-corrected chi connectivity index (χ4v) is 0.711. The van der Waals surface area contributed by atoms with E-state index in [-0.39, 0.29) is 17.8 Å². The van der Waals surface area contributed by atoms with Gasteiger partial charge in [0, 0.05) is 0 Å². The van der Waals surface area contributed by atoms with Gasteiger partial charge in [-0.3, -0.25) is 4.99 Å². The Morgan fingerprint density at radius 2 is 2.50 bits per heavy atom. The van der Waals surface area contributed by atoms with Crippen molar-refractivity contribution in [1.29, 1.82) is 0 Å². The summed E-state index contributed by atoms with van der Waals surface area (Å²) in [6.07, 6.45) is -0.638. The fourth-order valence-electron chi connectivity index (χ4n) is 0.711. The summed E-state index contributed by atoms with van der Waals surface area (Å²) in [6.45, 7) is 1.69. The third-order valence-electron chi connectivity index (χ3n) is 1.18. The molecule has 12 heavy (non-hydrogen) atoms. The number of aliphatic imine (C=N–C) groups is 1. The van der Waals surface area contributed by atoms with Gasteiger partial charge < -0.3 is 20.3 Å². The third kappa shape index (κ3) is 1.88. The SMILES string of the molecule is CC1N=CC(O)=C(OC(=O)O)N1. The number of aliphatic hydroxyl groups is 1. The molecule has 1 heterocycles. The lowest BCUT2D eigenvalue weighted by atomic mass is 10.4. The summed E-state index contributed by atoms with van der Waals surface area (Å²) in [7, 11) is 0. The van der Waals surface area contributed by atoms with Crippen LogP contribution in [0.3, 0.4) is 0 Å². The van der Waals surface area contributed by atoms with Crippen molar-refractivity contribution in [3.05, 3.63) is 11.6 Å². The van der Waals surface area contributed by atoms with Crippen molar-refractivity contribution < 1.29 is 19.7 Å². The van der Waals surface area contributed by atoms with Gasteiger partial charge in [-0.05, 0) is 6.92 Å². The van der Waals surface area contributed by atoms with Crippen LogP contribution in [0.1, 0.15) is 6.92 Å². The smallest absolute Gasteiger partial charge is 0.502 e. The van der Waals surface area contributed by atoms with Gasteiger partial charge in [0.15, 0.2) is 5.76 Å². The number of hydrogen-bond acceptors (Lipinski definition) is 5. The topological polar surface area (TPSA) is 91.2 Å². The van der Waals surface area contributed by atoms with Crippen LogP contribution in [0, 0.1) is 0 Å². The Labute approximate surface area is 68.2 Å².